The van der Waals surface area contributed by atoms with Gasteiger partial charge in [0.15, 0.2) is 0 Å². The molecule has 0 radical (unpaired) electrons. The van der Waals surface area contributed by atoms with Crippen LogP contribution in [-0.2, 0) is 5.41 Å². The molecule has 67 heavy (non-hydrogen) atoms. The van der Waals surface area contributed by atoms with Crippen molar-refractivity contribution in [3.8, 4) is 27.9 Å². The summed E-state index contributed by atoms with van der Waals surface area (Å²) in [4.78, 5) is 2.36. The van der Waals surface area contributed by atoms with Gasteiger partial charge in [-0.25, -0.2) is 0 Å². The molecule has 0 bridgehead atoms. The number of hydrogen-bond donors (Lipinski definition) is 0. The van der Waals surface area contributed by atoms with Crippen molar-refractivity contribution in [1.82, 2.24) is 4.57 Å². The fraction of sp³-hybridized carbons (Fsp3) is 0.0154. The Morgan fingerprint density at radius 1 is 0.373 bits per heavy atom. The third-order valence-corrected chi connectivity index (χ3v) is 14.0. The molecule has 0 atom stereocenters. The zero-order valence-electron chi connectivity index (χ0n) is 36.8. The van der Waals surface area contributed by atoms with Gasteiger partial charge in [-0.2, -0.15) is 0 Å². The van der Waals surface area contributed by atoms with Crippen LogP contribution in [0, 0.1) is 0 Å². The average Bonchev–Trinajstić information content (AvgIpc) is 3.90. The van der Waals surface area contributed by atoms with Gasteiger partial charge in [0, 0.05) is 33.5 Å². The molecule has 1 heterocycles. The molecule has 0 unspecified atom stereocenters. The summed E-state index contributed by atoms with van der Waals surface area (Å²) in [7, 11) is 0. The molecule has 0 saturated heterocycles. The first-order valence-electron chi connectivity index (χ1n) is 23.2. The van der Waals surface area contributed by atoms with Gasteiger partial charge in [-0.1, -0.05) is 200 Å². The Morgan fingerprint density at radius 3 is 1.66 bits per heavy atom. The second-order valence-corrected chi connectivity index (χ2v) is 17.6. The summed E-state index contributed by atoms with van der Waals surface area (Å²) >= 11 is 0. The van der Waals surface area contributed by atoms with Crippen molar-refractivity contribution in [2.24, 2.45) is 0 Å². The van der Waals surface area contributed by atoms with Crippen molar-refractivity contribution >= 4 is 61.8 Å². The highest BCUT2D eigenvalue weighted by Gasteiger charge is 2.46. The van der Waals surface area contributed by atoms with Crippen LogP contribution in [-0.4, -0.2) is 4.57 Å². The fourth-order valence-electron chi connectivity index (χ4n) is 11.1. The molecule has 0 N–H and O–H groups in total. The molecule has 0 amide bonds. The van der Waals surface area contributed by atoms with E-state index < -0.39 is 5.41 Å². The summed E-state index contributed by atoms with van der Waals surface area (Å²) in [5.74, 6) is 0. The number of aromatic nitrogens is 1. The molecule has 1 aliphatic carbocycles. The summed E-state index contributed by atoms with van der Waals surface area (Å²) in [6, 6.07) is 93.3. The van der Waals surface area contributed by atoms with E-state index in [1.54, 1.807) is 0 Å². The monoisotopic (exact) mass is 852 g/mol. The predicted molar refractivity (Wildman–Crippen MR) is 282 cm³/mol. The summed E-state index contributed by atoms with van der Waals surface area (Å²) in [6.07, 6.45) is 4.63. The average molecular weight is 853 g/mol. The molecule has 314 valence electrons. The van der Waals surface area contributed by atoms with Crippen LogP contribution in [0.4, 0.5) is 17.1 Å². The van der Waals surface area contributed by atoms with Gasteiger partial charge in [-0.05, 0) is 133 Å². The lowest BCUT2D eigenvalue weighted by Crippen LogP contribution is -2.28. The van der Waals surface area contributed by atoms with Gasteiger partial charge in [-0.3, -0.25) is 0 Å². The Bertz CT molecular complexity index is 3680. The molecule has 0 aliphatic heterocycles. The topological polar surface area (TPSA) is 8.17 Å². The summed E-state index contributed by atoms with van der Waals surface area (Å²) in [5, 5.41) is 5.11. The smallest absolute Gasteiger partial charge is 0.0713 e. The summed E-state index contributed by atoms with van der Waals surface area (Å²) in [5.41, 5.74) is 18.8. The van der Waals surface area contributed by atoms with Crippen LogP contribution < -0.4 is 4.90 Å². The Labute approximate surface area is 390 Å². The van der Waals surface area contributed by atoms with Crippen LogP contribution in [0.1, 0.15) is 33.4 Å². The third-order valence-electron chi connectivity index (χ3n) is 14.0. The lowest BCUT2D eigenvalue weighted by atomic mass is 9.67. The van der Waals surface area contributed by atoms with Gasteiger partial charge in [0.2, 0.25) is 0 Å². The second kappa shape index (κ2) is 15.8. The quantitative estimate of drug-likeness (QED) is 0.104. The molecule has 2 heteroatoms. The normalized spacial score (nSPS) is 12.8. The first kappa shape index (κ1) is 38.7. The van der Waals surface area contributed by atoms with Gasteiger partial charge in [0.1, 0.15) is 0 Å². The minimum Gasteiger partial charge on any atom is -0.310 e. The van der Waals surface area contributed by atoms with Crippen molar-refractivity contribution in [3.05, 3.63) is 288 Å². The van der Waals surface area contributed by atoms with Crippen LogP contribution >= 0.6 is 0 Å². The van der Waals surface area contributed by atoms with Crippen LogP contribution in [0.3, 0.4) is 0 Å². The molecule has 13 rings (SSSR count). The first-order chi connectivity index (χ1) is 33.2. The van der Waals surface area contributed by atoms with E-state index in [2.05, 4.69) is 276 Å². The van der Waals surface area contributed by atoms with E-state index in [4.69, 9.17) is 0 Å². The van der Waals surface area contributed by atoms with Gasteiger partial charge < -0.3 is 9.47 Å². The number of benzene rings is 11. The van der Waals surface area contributed by atoms with E-state index in [1.165, 1.54) is 82.6 Å². The van der Waals surface area contributed by atoms with Crippen LogP contribution in [0.15, 0.2) is 255 Å². The maximum Gasteiger partial charge on any atom is 0.0713 e. The highest BCUT2D eigenvalue weighted by atomic mass is 15.1. The van der Waals surface area contributed by atoms with E-state index in [-0.39, 0.29) is 0 Å². The van der Waals surface area contributed by atoms with Crippen LogP contribution in [0.5, 0.6) is 0 Å². The van der Waals surface area contributed by atoms with Crippen LogP contribution in [0.25, 0.3) is 72.7 Å². The van der Waals surface area contributed by atoms with E-state index in [1.807, 2.05) is 0 Å². The number of anilines is 3. The van der Waals surface area contributed by atoms with E-state index in [9.17, 15) is 0 Å². The van der Waals surface area contributed by atoms with Crippen LogP contribution in [0.2, 0.25) is 0 Å². The van der Waals surface area contributed by atoms with E-state index in [0.717, 1.165) is 28.3 Å². The van der Waals surface area contributed by atoms with Crippen molar-refractivity contribution < 1.29 is 0 Å². The van der Waals surface area contributed by atoms with Gasteiger partial charge in [0.25, 0.3) is 0 Å². The van der Waals surface area contributed by atoms with Crippen molar-refractivity contribution in [2.45, 2.75) is 5.41 Å². The lowest BCUT2D eigenvalue weighted by molar-refractivity contribution is 0.768. The largest absolute Gasteiger partial charge is 0.310 e. The molecule has 1 aliphatic rings. The lowest BCUT2D eigenvalue weighted by Gasteiger charge is -2.34. The molecular formula is C65H44N2. The van der Waals surface area contributed by atoms with Crippen molar-refractivity contribution in [3.63, 3.8) is 0 Å². The van der Waals surface area contributed by atoms with Crippen molar-refractivity contribution in [2.75, 3.05) is 4.90 Å². The maximum absolute atomic E-state index is 2.45. The highest BCUT2D eigenvalue weighted by molar-refractivity contribution is 6.25. The molecular weight excluding hydrogens is 809 g/mol. The number of fused-ring (bicyclic) bond motifs is 3. The minimum atomic E-state index is -0.537. The third kappa shape index (κ3) is 6.18. The highest BCUT2D eigenvalue weighted by Crippen LogP contribution is 2.57. The van der Waals surface area contributed by atoms with Crippen molar-refractivity contribution in [1.29, 1.82) is 0 Å². The number of nitrogens with zero attached hydrogens (tertiary/aromatic N) is 2. The molecule has 12 aromatic rings. The Kier molecular flexibility index (Phi) is 9.11. The fourth-order valence-corrected chi connectivity index (χ4v) is 11.1. The number of rotatable bonds is 9. The zero-order chi connectivity index (χ0) is 44.3. The van der Waals surface area contributed by atoms with Gasteiger partial charge in [0.05, 0.1) is 16.4 Å². The second-order valence-electron chi connectivity index (χ2n) is 17.6. The molecule has 0 fully saturated rings. The van der Waals surface area contributed by atoms with Gasteiger partial charge >= 0.3 is 0 Å². The molecule has 1 aromatic heterocycles. The Balaban J connectivity index is 0.957. The summed E-state index contributed by atoms with van der Waals surface area (Å²) < 4.78 is 2.43. The predicted octanol–water partition coefficient (Wildman–Crippen LogP) is 17.0. The standard InChI is InChI=1S/C65H44N2/c1-6-17-46(18-7-1)47-32-36-54(37-33-47)67-61-28-16-19-49-34-40-56-48(35-42-62(67)64(56)63(49)61)31-29-45-30-39-57-58-44-55(66(52-24-12-4-13-25-52)53-26-14-5-15-27-53)38-41-59(58)65(60(57)43-45,50-20-8-2-9-21-50)51-22-10-3-11-23-51/h1-44H/b31-29+. The SMILES string of the molecule is C(=C\c1ccc2c3c1ccc1cccc(c13)n2-c1ccc(-c2ccccc2)cc1)/c1ccc2c(c1)C(c1ccccc1)(c1ccccc1)c1ccc(N(c3ccccc3)c3ccccc3)cc1-2. The molecule has 2 nitrogen and oxygen atoms in total. The number of hydrogen-bond acceptors (Lipinski definition) is 1. The molecule has 0 saturated carbocycles. The minimum absolute atomic E-state index is 0.537. The first-order valence-corrected chi connectivity index (χ1v) is 23.2. The molecule has 0 spiro atoms. The number of para-hydroxylation sites is 2. The van der Waals surface area contributed by atoms with Gasteiger partial charge in [-0.15, -0.1) is 0 Å². The summed E-state index contributed by atoms with van der Waals surface area (Å²) in [6.45, 7) is 0. The van der Waals surface area contributed by atoms with E-state index >= 15 is 0 Å². The van der Waals surface area contributed by atoms with E-state index in [0.29, 0.717) is 0 Å². The molecule has 11 aromatic carbocycles. The maximum atomic E-state index is 2.45. The Hall–Kier alpha value is -8.72. The Morgan fingerprint density at radius 2 is 0.985 bits per heavy atom. The zero-order valence-corrected chi connectivity index (χ0v) is 36.8.